The van der Waals surface area contributed by atoms with Crippen molar-refractivity contribution in [2.45, 2.75) is 38.3 Å². The van der Waals surface area contributed by atoms with Gasteiger partial charge in [-0.05, 0) is 12.8 Å². The quantitative estimate of drug-likeness (QED) is 0.841. The second-order valence-corrected chi connectivity index (χ2v) is 5.07. The average molecular weight is 280 g/mol. The SMILES string of the molecule is Cn1ccnc1CNC(=O)N(CC(=O)O)C1CCCC1. The second kappa shape index (κ2) is 6.40. The van der Waals surface area contributed by atoms with E-state index in [4.69, 9.17) is 5.11 Å². The lowest BCUT2D eigenvalue weighted by Gasteiger charge is -2.27. The fraction of sp³-hybridized carbons (Fsp3) is 0.615. The van der Waals surface area contributed by atoms with Gasteiger partial charge in [0.2, 0.25) is 0 Å². The summed E-state index contributed by atoms with van der Waals surface area (Å²) in [5.41, 5.74) is 0. The number of rotatable bonds is 5. The smallest absolute Gasteiger partial charge is 0.323 e. The molecule has 2 N–H and O–H groups in total. The van der Waals surface area contributed by atoms with Gasteiger partial charge >= 0.3 is 12.0 Å². The number of aromatic nitrogens is 2. The Morgan fingerprint density at radius 2 is 2.20 bits per heavy atom. The van der Waals surface area contributed by atoms with Gasteiger partial charge in [-0.15, -0.1) is 0 Å². The molecule has 1 aromatic rings. The van der Waals surface area contributed by atoms with E-state index in [9.17, 15) is 9.59 Å². The number of aryl methyl sites for hydroxylation is 1. The summed E-state index contributed by atoms with van der Waals surface area (Å²) in [7, 11) is 1.85. The van der Waals surface area contributed by atoms with Crippen molar-refractivity contribution in [3.63, 3.8) is 0 Å². The minimum Gasteiger partial charge on any atom is -0.480 e. The van der Waals surface area contributed by atoms with Gasteiger partial charge in [0.05, 0.1) is 6.54 Å². The topological polar surface area (TPSA) is 87.5 Å². The van der Waals surface area contributed by atoms with Crippen molar-refractivity contribution >= 4 is 12.0 Å². The number of hydrogen-bond acceptors (Lipinski definition) is 3. The number of hydrogen-bond donors (Lipinski definition) is 2. The van der Waals surface area contributed by atoms with Gasteiger partial charge in [0, 0.05) is 25.5 Å². The largest absolute Gasteiger partial charge is 0.480 e. The predicted molar refractivity (Wildman–Crippen MR) is 72.0 cm³/mol. The van der Waals surface area contributed by atoms with Crippen LogP contribution in [0.4, 0.5) is 4.79 Å². The summed E-state index contributed by atoms with van der Waals surface area (Å²) in [5, 5.41) is 11.7. The first-order valence-electron chi connectivity index (χ1n) is 6.80. The summed E-state index contributed by atoms with van der Waals surface area (Å²) in [4.78, 5) is 28.7. The van der Waals surface area contributed by atoms with Crippen LogP contribution >= 0.6 is 0 Å². The van der Waals surface area contributed by atoms with Crippen molar-refractivity contribution in [1.82, 2.24) is 19.8 Å². The van der Waals surface area contributed by atoms with E-state index in [1.807, 2.05) is 11.6 Å². The van der Waals surface area contributed by atoms with Gasteiger partial charge in [-0.2, -0.15) is 0 Å². The summed E-state index contributed by atoms with van der Waals surface area (Å²) in [6.07, 6.45) is 7.31. The molecule has 1 fully saturated rings. The zero-order valence-corrected chi connectivity index (χ0v) is 11.6. The van der Waals surface area contributed by atoms with Crippen molar-refractivity contribution in [3.8, 4) is 0 Å². The third-order valence-corrected chi connectivity index (χ3v) is 3.65. The molecule has 2 rings (SSSR count). The molecular formula is C13H20N4O3. The monoisotopic (exact) mass is 280 g/mol. The van der Waals surface area contributed by atoms with Gasteiger partial charge in [-0.1, -0.05) is 12.8 Å². The highest BCUT2D eigenvalue weighted by Gasteiger charge is 2.28. The van der Waals surface area contributed by atoms with Crippen molar-refractivity contribution in [1.29, 1.82) is 0 Å². The summed E-state index contributed by atoms with van der Waals surface area (Å²) in [6.45, 7) is 0.0439. The zero-order chi connectivity index (χ0) is 14.5. The Morgan fingerprint density at radius 3 is 2.75 bits per heavy atom. The van der Waals surface area contributed by atoms with E-state index in [-0.39, 0.29) is 18.6 Å². The average Bonchev–Trinajstić information content (AvgIpc) is 3.04. The molecule has 0 aliphatic heterocycles. The molecule has 1 aromatic heterocycles. The summed E-state index contributed by atoms with van der Waals surface area (Å²) in [6, 6.07) is -0.297. The van der Waals surface area contributed by atoms with Crippen LogP contribution in [-0.4, -0.2) is 44.1 Å². The number of aliphatic carboxylic acids is 1. The number of imidazole rings is 1. The lowest BCUT2D eigenvalue weighted by molar-refractivity contribution is -0.138. The highest BCUT2D eigenvalue weighted by molar-refractivity contribution is 5.80. The van der Waals surface area contributed by atoms with E-state index >= 15 is 0 Å². The number of nitrogens with one attached hydrogen (secondary N) is 1. The first kappa shape index (κ1) is 14.4. The number of amides is 2. The minimum absolute atomic E-state index is 0.0347. The van der Waals surface area contributed by atoms with E-state index in [0.29, 0.717) is 6.54 Å². The van der Waals surface area contributed by atoms with Crippen LogP contribution in [0.5, 0.6) is 0 Å². The maximum atomic E-state index is 12.2. The van der Waals surface area contributed by atoms with Crippen molar-refractivity contribution < 1.29 is 14.7 Å². The lowest BCUT2D eigenvalue weighted by atomic mass is 10.2. The molecule has 7 heteroatoms. The molecule has 0 bridgehead atoms. The minimum atomic E-state index is -0.982. The molecule has 110 valence electrons. The molecule has 1 saturated carbocycles. The van der Waals surface area contributed by atoms with E-state index < -0.39 is 5.97 Å². The number of nitrogens with zero attached hydrogens (tertiary/aromatic N) is 3. The first-order chi connectivity index (χ1) is 9.58. The van der Waals surface area contributed by atoms with Crippen LogP contribution in [0.1, 0.15) is 31.5 Å². The lowest BCUT2D eigenvalue weighted by Crippen LogP contribution is -2.47. The Balaban J connectivity index is 1.95. The standard InChI is InChI=1S/C13H20N4O3/c1-16-7-6-14-11(16)8-15-13(20)17(9-12(18)19)10-4-2-3-5-10/h6-7,10H,2-5,8-9H2,1H3,(H,15,20)(H,18,19). The van der Waals surface area contributed by atoms with E-state index in [2.05, 4.69) is 10.3 Å². The maximum absolute atomic E-state index is 12.2. The van der Waals surface area contributed by atoms with Gasteiger partial charge in [-0.25, -0.2) is 9.78 Å². The molecule has 0 atom stereocenters. The highest BCUT2D eigenvalue weighted by atomic mass is 16.4. The van der Waals surface area contributed by atoms with E-state index in [1.165, 1.54) is 4.90 Å². The van der Waals surface area contributed by atoms with E-state index in [0.717, 1.165) is 31.5 Å². The molecule has 1 heterocycles. The Hall–Kier alpha value is -2.05. The normalized spacial score (nSPS) is 15.2. The van der Waals surface area contributed by atoms with Gasteiger partial charge in [0.25, 0.3) is 0 Å². The predicted octanol–water partition coefficient (Wildman–Crippen LogP) is 0.959. The molecule has 1 aliphatic carbocycles. The van der Waals surface area contributed by atoms with Gasteiger partial charge < -0.3 is 19.9 Å². The van der Waals surface area contributed by atoms with Crippen LogP contribution in [0.25, 0.3) is 0 Å². The molecule has 0 saturated heterocycles. The molecule has 0 aromatic carbocycles. The van der Waals surface area contributed by atoms with Gasteiger partial charge in [-0.3, -0.25) is 4.79 Å². The molecule has 0 spiro atoms. The van der Waals surface area contributed by atoms with Crippen molar-refractivity contribution in [3.05, 3.63) is 18.2 Å². The number of urea groups is 1. The van der Waals surface area contributed by atoms with Crippen molar-refractivity contribution in [2.24, 2.45) is 7.05 Å². The van der Waals surface area contributed by atoms with Crippen LogP contribution in [0, 0.1) is 0 Å². The number of carboxylic acid groups (broad SMARTS) is 1. The summed E-state index contributed by atoms with van der Waals surface area (Å²) in [5.74, 6) is -0.246. The third-order valence-electron chi connectivity index (χ3n) is 3.65. The Kier molecular flexibility index (Phi) is 4.60. The molecule has 1 aliphatic rings. The molecule has 20 heavy (non-hydrogen) atoms. The maximum Gasteiger partial charge on any atom is 0.323 e. The Morgan fingerprint density at radius 1 is 1.50 bits per heavy atom. The molecule has 2 amide bonds. The second-order valence-electron chi connectivity index (χ2n) is 5.07. The van der Waals surface area contributed by atoms with Crippen LogP contribution < -0.4 is 5.32 Å². The van der Waals surface area contributed by atoms with Crippen LogP contribution in [0.15, 0.2) is 12.4 Å². The number of carbonyl (C=O) groups is 2. The molecule has 0 unspecified atom stereocenters. The van der Waals surface area contributed by atoms with Crippen LogP contribution in [0.3, 0.4) is 0 Å². The molecule has 7 nitrogen and oxygen atoms in total. The van der Waals surface area contributed by atoms with Crippen LogP contribution in [-0.2, 0) is 18.4 Å². The third kappa shape index (κ3) is 3.49. The molecular weight excluding hydrogens is 260 g/mol. The fourth-order valence-corrected chi connectivity index (χ4v) is 2.55. The Bertz CT molecular complexity index is 480. The zero-order valence-electron chi connectivity index (χ0n) is 11.6. The summed E-state index contributed by atoms with van der Waals surface area (Å²) < 4.78 is 1.82. The van der Waals surface area contributed by atoms with Crippen molar-refractivity contribution in [2.75, 3.05) is 6.54 Å². The summed E-state index contributed by atoms with van der Waals surface area (Å²) >= 11 is 0. The van der Waals surface area contributed by atoms with Crippen LogP contribution in [0.2, 0.25) is 0 Å². The highest BCUT2D eigenvalue weighted by Crippen LogP contribution is 2.23. The Labute approximate surface area is 117 Å². The number of carboxylic acids is 1. The molecule has 0 radical (unpaired) electrons. The number of carbonyl (C=O) groups excluding carboxylic acids is 1. The fourth-order valence-electron chi connectivity index (χ4n) is 2.55. The van der Waals surface area contributed by atoms with E-state index in [1.54, 1.807) is 12.4 Å². The van der Waals surface area contributed by atoms with Gasteiger partial charge in [0.15, 0.2) is 0 Å². The van der Waals surface area contributed by atoms with Gasteiger partial charge in [0.1, 0.15) is 12.4 Å². The first-order valence-corrected chi connectivity index (χ1v) is 6.80.